The van der Waals surface area contributed by atoms with Crippen LogP contribution in [0.3, 0.4) is 0 Å². The first-order chi connectivity index (χ1) is 7.13. The van der Waals surface area contributed by atoms with Crippen LogP contribution >= 0.6 is 0 Å². The highest BCUT2D eigenvalue weighted by Gasteiger charge is 2.25. The number of carbonyl (C=O) groups is 1. The second-order valence-electron chi connectivity index (χ2n) is 4.91. The number of hydrogen-bond donors (Lipinski definition) is 0. The van der Waals surface area contributed by atoms with Gasteiger partial charge in [0.1, 0.15) is 6.10 Å². The van der Waals surface area contributed by atoms with E-state index in [1.54, 1.807) is 0 Å². The van der Waals surface area contributed by atoms with Crippen LogP contribution in [0.2, 0.25) is 0 Å². The Balaban J connectivity index is 2.26. The maximum absolute atomic E-state index is 10.8. The standard InChI is InChI=1S/C13H24O2/c1-4-5-10(2)12-6-8-13(9-7-12)15-11(3)14/h10,12-13H,4-9H2,1-3H3/t10-,12?,13?/m1/s1. The van der Waals surface area contributed by atoms with Crippen LogP contribution in [0.25, 0.3) is 0 Å². The summed E-state index contributed by atoms with van der Waals surface area (Å²) in [6.07, 6.45) is 7.43. The van der Waals surface area contributed by atoms with Crippen LogP contribution in [0.4, 0.5) is 0 Å². The summed E-state index contributed by atoms with van der Waals surface area (Å²) in [5.41, 5.74) is 0. The van der Waals surface area contributed by atoms with Gasteiger partial charge in [0.2, 0.25) is 0 Å². The highest BCUT2D eigenvalue weighted by atomic mass is 16.5. The minimum absolute atomic E-state index is 0.125. The molecule has 0 amide bonds. The molecule has 1 rings (SSSR count). The maximum atomic E-state index is 10.8. The summed E-state index contributed by atoms with van der Waals surface area (Å²) >= 11 is 0. The molecular weight excluding hydrogens is 188 g/mol. The van der Waals surface area contributed by atoms with E-state index in [4.69, 9.17) is 4.74 Å². The number of carbonyl (C=O) groups excluding carboxylic acids is 1. The molecule has 0 aromatic carbocycles. The fourth-order valence-corrected chi connectivity index (χ4v) is 2.70. The van der Waals surface area contributed by atoms with Gasteiger partial charge in [0, 0.05) is 6.92 Å². The van der Waals surface area contributed by atoms with Crippen molar-refractivity contribution in [2.75, 3.05) is 0 Å². The van der Waals surface area contributed by atoms with E-state index in [0.29, 0.717) is 0 Å². The van der Waals surface area contributed by atoms with Gasteiger partial charge in [-0.3, -0.25) is 4.79 Å². The lowest BCUT2D eigenvalue weighted by Crippen LogP contribution is -2.26. The first-order valence-corrected chi connectivity index (χ1v) is 6.30. The molecule has 1 aliphatic rings. The van der Waals surface area contributed by atoms with E-state index < -0.39 is 0 Å². The molecule has 2 nitrogen and oxygen atoms in total. The molecule has 88 valence electrons. The first kappa shape index (κ1) is 12.5. The molecule has 0 aliphatic heterocycles. The molecule has 0 aromatic rings. The molecule has 1 saturated carbocycles. The van der Waals surface area contributed by atoms with Crippen molar-refractivity contribution in [2.24, 2.45) is 11.8 Å². The summed E-state index contributed by atoms with van der Waals surface area (Å²) in [6, 6.07) is 0. The monoisotopic (exact) mass is 212 g/mol. The number of rotatable bonds is 4. The average molecular weight is 212 g/mol. The minimum Gasteiger partial charge on any atom is -0.463 e. The predicted molar refractivity (Wildman–Crippen MR) is 61.6 cm³/mol. The Kier molecular flexibility index (Phi) is 5.13. The molecule has 1 aliphatic carbocycles. The molecule has 15 heavy (non-hydrogen) atoms. The predicted octanol–water partition coefficient (Wildman–Crippen LogP) is 3.54. The molecule has 1 fully saturated rings. The van der Waals surface area contributed by atoms with E-state index in [2.05, 4.69) is 13.8 Å². The summed E-state index contributed by atoms with van der Waals surface area (Å²) in [6.45, 7) is 6.12. The Morgan fingerprint density at radius 2 is 1.93 bits per heavy atom. The lowest BCUT2D eigenvalue weighted by atomic mass is 9.78. The Labute approximate surface area is 93.4 Å². The van der Waals surface area contributed by atoms with Gasteiger partial charge in [0.25, 0.3) is 0 Å². The second-order valence-corrected chi connectivity index (χ2v) is 4.91. The van der Waals surface area contributed by atoms with Crippen LogP contribution in [0.1, 0.15) is 59.3 Å². The summed E-state index contributed by atoms with van der Waals surface area (Å²) in [5, 5.41) is 0. The molecular formula is C13H24O2. The SMILES string of the molecule is CCC[C@@H](C)C1CCC(OC(C)=O)CC1. The zero-order valence-corrected chi connectivity index (χ0v) is 10.3. The summed E-state index contributed by atoms with van der Waals surface area (Å²) < 4.78 is 5.24. The number of esters is 1. The zero-order chi connectivity index (χ0) is 11.3. The van der Waals surface area contributed by atoms with Crippen LogP contribution in [0.15, 0.2) is 0 Å². The van der Waals surface area contributed by atoms with E-state index in [0.717, 1.165) is 24.7 Å². The Hall–Kier alpha value is -0.530. The van der Waals surface area contributed by atoms with E-state index in [-0.39, 0.29) is 12.1 Å². The van der Waals surface area contributed by atoms with Gasteiger partial charge in [-0.2, -0.15) is 0 Å². The summed E-state index contributed by atoms with van der Waals surface area (Å²) in [4.78, 5) is 10.8. The molecule has 0 spiro atoms. The smallest absolute Gasteiger partial charge is 0.302 e. The molecule has 0 N–H and O–H groups in total. The molecule has 0 saturated heterocycles. The first-order valence-electron chi connectivity index (χ1n) is 6.30. The Bertz CT molecular complexity index is 193. The van der Waals surface area contributed by atoms with Crippen LogP contribution in [-0.2, 0) is 9.53 Å². The van der Waals surface area contributed by atoms with E-state index in [9.17, 15) is 4.79 Å². The minimum atomic E-state index is -0.125. The van der Waals surface area contributed by atoms with Gasteiger partial charge in [-0.05, 0) is 37.5 Å². The van der Waals surface area contributed by atoms with Crippen molar-refractivity contribution in [3.05, 3.63) is 0 Å². The molecule has 1 atom stereocenters. The largest absolute Gasteiger partial charge is 0.463 e. The van der Waals surface area contributed by atoms with Crippen molar-refractivity contribution < 1.29 is 9.53 Å². The van der Waals surface area contributed by atoms with Crippen LogP contribution < -0.4 is 0 Å². The van der Waals surface area contributed by atoms with Gasteiger partial charge < -0.3 is 4.74 Å². The fraction of sp³-hybridized carbons (Fsp3) is 0.923. The average Bonchev–Trinajstić information content (AvgIpc) is 2.18. The van der Waals surface area contributed by atoms with Gasteiger partial charge in [0.05, 0.1) is 0 Å². The third kappa shape index (κ3) is 4.23. The van der Waals surface area contributed by atoms with Crippen LogP contribution in [-0.4, -0.2) is 12.1 Å². The molecule has 0 heterocycles. The van der Waals surface area contributed by atoms with Crippen molar-refractivity contribution in [1.29, 1.82) is 0 Å². The van der Waals surface area contributed by atoms with Crippen molar-refractivity contribution >= 4 is 5.97 Å². The van der Waals surface area contributed by atoms with E-state index in [1.165, 1.54) is 32.6 Å². The number of hydrogen-bond acceptors (Lipinski definition) is 2. The Morgan fingerprint density at radius 3 is 2.40 bits per heavy atom. The van der Waals surface area contributed by atoms with E-state index >= 15 is 0 Å². The molecule has 2 heteroatoms. The highest BCUT2D eigenvalue weighted by molar-refractivity contribution is 5.66. The van der Waals surface area contributed by atoms with Crippen molar-refractivity contribution in [3.63, 3.8) is 0 Å². The van der Waals surface area contributed by atoms with Gasteiger partial charge in [0.15, 0.2) is 0 Å². The molecule has 0 aromatic heterocycles. The van der Waals surface area contributed by atoms with Crippen molar-refractivity contribution in [1.82, 2.24) is 0 Å². The van der Waals surface area contributed by atoms with Crippen LogP contribution in [0, 0.1) is 11.8 Å². The van der Waals surface area contributed by atoms with Gasteiger partial charge >= 0.3 is 5.97 Å². The fourth-order valence-electron chi connectivity index (χ4n) is 2.70. The topological polar surface area (TPSA) is 26.3 Å². The van der Waals surface area contributed by atoms with Crippen molar-refractivity contribution in [3.8, 4) is 0 Å². The van der Waals surface area contributed by atoms with Crippen LogP contribution in [0.5, 0.6) is 0 Å². The van der Waals surface area contributed by atoms with Gasteiger partial charge in [-0.1, -0.05) is 26.7 Å². The maximum Gasteiger partial charge on any atom is 0.302 e. The third-order valence-electron chi connectivity index (χ3n) is 3.60. The zero-order valence-electron chi connectivity index (χ0n) is 10.3. The van der Waals surface area contributed by atoms with Gasteiger partial charge in [-0.25, -0.2) is 0 Å². The summed E-state index contributed by atoms with van der Waals surface area (Å²) in [7, 11) is 0. The molecule has 0 radical (unpaired) electrons. The second kappa shape index (κ2) is 6.14. The highest BCUT2D eigenvalue weighted by Crippen LogP contribution is 2.33. The van der Waals surface area contributed by atoms with E-state index in [1.807, 2.05) is 0 Å². The third-order valence-corrected chi connectivity index (χ3v) is 3.60. The molecule has 0 bridgehead atoms. The number of ether oxygens (including phenoxy) is 1. The lowest BCUT2D eigenvalue weighted by Gasteiger charge is -2.31. The van der Waals surface area contributed by atoms with Crippen molar-refractivity contribution in [2.45, 2.75) is 65.4 Å². The lowest BCUT2D eigenvalue weighted by molar-refractivity contribution is -0.148. The normalized spacial score (nSPS) is 28.5. The molecule has 0 unspecified atom stereocenters. The van der Waals surface area contributed by atoms with Gasteiger partial charge in [-0.15, -0.1) is 0 Å². The Morgan fingerprint density at radius 1 is 1.33 bits per heavy atom. The quantitative estimate of drug-likeness (QED) is 0.666. The summed E-state index contributed by atoms with van der Waals surface area (Å²) in [5.74, 6) is 1.57.